The van der Waals surface area contributed by atoms with Crippen LogP contribution in [-0.2, 0) is 4.79 Å². The molecule has 0 aliphatic carbocycles. The number of ether oxygens (including phenoxy) is 4. The number of carbonyl (C=O) groups excluding carboxylic acids is 1. The second-order valence-corrected chi connectivity index (χ2v) is 9.14. The van der Waals surface area contributed by atoms with Crippen molar-refractivity contribution in [2.24, 2.45) is 10.1 Å². The fourth-order valence-electron chi connectivity index (χ4n) is 3.34. The van der Waals surface area contributed by atoms with Crippen LogP contribution in [0.4, 0.5) is 0 Å². The van der Waals surface area contributed by atoms with Crippen LogP contribution in [0.5, 0.6) is 23.0 Å². The van der Waals surface area contributed by atoms with Crippen molar-refractivity contribution in [2.45, 2.75) is 13.3 Å². The van der Waals surface area contributed by atoms with Crippen molar-refractivity contribution in [1.29, 1.82) is 5.41 Å². The number of halogens is 1. The van der Waals surface area contributed by atoms with Gasteiger partial charge in [-0.3, -0.25) is 10.2 Å². The van der Waals surface area contributed by atoms with Gasteiger partial charge in [-0.2, -0.15) is 15.1 Å². The van der Waals surface area contributed by atoms with E-state index in [0.717, 1.165) is 5.04 Å². The van der Waals surface area contributed by atoms with Crippen LogP contribution in [0.1, 0.15) is 18.9 Å². The van der Waals surface area contributed by atoms with Crippen LogP contribution in [0.3, 0.4) is 0 Å². The molecule has 0 atom stereocenters. The summed E-state index contributed by atoms with van der Waals surface area (Å²) >= 11 is 4.83. The van der Waals surface area contributed by atoms with Gasteiger partial charge < -0.3 is 18.9 Å². The minimum atomic E-state index is -0.481. The van der Waals surface area contributed by atoms with Gasteiger partial charge in [0.1, 0.15) is 18.3 Å². The highest BCUT2D eigenvalue weighted by atomic mass is 79.9. The highest BCUT2D eigenvalue weighted by molar-refractivity contribution is 9.10. The van der Waals surface area contributed by atoms with Gasteiger partial charge in [-0.25, -0.2) is 0 Å². The van der Waals surface area contributed by atoms with E-state index in [1.165, 1.54) is 23.9 Å². The smallest absolute Gasteiger partial charge is 0.283 e. The number of amidine groups is 2. The molecule has 0 saturated carbocycles. The van der Waals surface area contributed by atoms with Crippen LogP contribution < -0.4 is 18.9 Å². The Morgan fingerprint density at radius 3 is 2.51 bits per heavy atom. The number of nitrogens with one attached hydrogen (secondary N) is 1. The van der Waals surface area contributed by atoms with Crippen LogP contribution >= 0.6 is 27.7 Å². The fraction of sp³-hybridized carbons (Fsp3) is 0.250. The first-order chi connectivity index (χ1) is 16.9. The van der Waals surface area contributed by atoms with E-state index < -0.39 is 5.91 Å². The number of carbonyl (C=O) groups is 1. The third-order valence-electron chi connectivity index (χ3n) is 5.02. The molecule has 1 N–H and O–H groups in total. The first-order valence-corrected chi connectivity index (χ1v) is 12.3. The predicted octanol–water partition coefficient (Wildman–Crippen LogP) is 4.95. The standard InChI is InChI=1S/C24H23BrN4O5S/c1-4-20-28-29-22(26)15(23(30)27-24(29)35-20)11-14-12-16(25)21(19(13-14)32-3)34-10-9-33-18-8-6-5-7-17(18)31-2/h5-8,11-13,26H,4,9-10H2,1-3H3/b15-11-,26-22?. The maximum absolute atomic E-state index is 12.6. The Bertz CT molecular complexity index is 1260. The monoisotopic (exact) mass is 558 g/mol. The molecule has 2 aromatic carbocycles. The number of rotatable bonds is 9. The van der Waals surface area contributed by atoms with Crippen molar-refractivity contribution in [3.8, 4) is 23.0 Å². The molecule has 2 heterocycles. The third kappa shape index (κ3) is 5.35. The quantitative estimate of drug-likeness (QED) is 0.342. The molecular formula is C24H23BrN4O5S. The zero-order chi connectivity index (χ0) is 24.9. The molecule has 0 radical (unpaired) electrons. The number of hydrazone groups is 1. The number of hydrogen-bond donors (Lipinski definition) is 1. The van der Waals surface area contributed by atoms with E-state index in [-0.39, 0.29) is 18.0 Å². The van der Waals surface area contributed by atoms with Crippen molar-refractivity contribution in [1.82, 2.24) is 5.01 Å². The molecule has 0 saturated heterocycles. The summed E-state index contributed by atoms with van der Waals surface area (Å²) in [5.41, 5.74) is 0.785. The first-order valence-electron chi connectivity index (χ1n) is 10.7. The van der Waals surface area contributed by atoms with Crippen LogP contribution in [0.25, 0.3) is 6.08 Å². The molecule has 0 spiro atoms. The lowest BCUT2D eigenvalue weighted by atomic mass is 10.1. The fourth-order valence-corrected chi connectivity index (χ4v) is 4.74. The highest BCUT2D eigenvalue weighted by Gasteiger charge is 2.35. The number of para-hydroxylation sites is 2. The molecule has 9 nitrogen and oxygen atoms in total. The normalized spacial score (nSPS) is 16.1. The lowest BCUT2D eigenvalue weighted by Crippen LogP contribution is -2.35. The number of amides is 1. The molecule has 2 aromatic rings. The summed E-state index contributed by atoms with van der Waals surface area (Å²) in [6, 6.07) is 10.9. The summed E-state index contributed by atoms with van der Waals surface area (Å²) < 4.78 is 23.1. The molecule has 1 amide bonds. The minimum absolute atomic E-state index is 0.0140. The van der Waals surface area contributed by atoms with Gasteiger partial charge in [-0.1, -0.05) is 19.1 Å². The van der Waals surface area contributed by atoms with Gasteiger partial charge in [0.2, 0.25) is 5.17 Å². The van der Waals surface area contributed by atoms with Gasteiger partial charge in [-0.05, 0) is 70.0 Å². The second-order valence-electron chi connectivity index (χ2n) is 7.25. The molecule has 2 aliphatic rings. The Morgan fingerprint density at radius 1 is 1.09 bits per heavy atom. The summed E-state index contributed by atoms with van der Waals surface area (Å²) in [6.07, 6.45) is 2.30. The maximum atomic E-state index is 12.6. The van der Waals surface area contributed by atoms with Crippen molar-refractivity contribution in [3.63, 3.8) is 0 Å². The average Bonchev–Trinajstić information content (AvgIpc) is 3.28. The van der Waals surface area contributed by atoms with Gasteiger partial charge >= 0.3 is 0 Å². The number of thioether (sulfide) groups is 1. The van der Waals surface area contributed by atoms with E-state index in [2.05, 4.69) is 26.0 Å². The molecular weight excluding hydrogens is 536 g/mol. The van der Waals surface area contributed by atoms with Gasteiger partial charge in [0.25, 0.3) is 5.91 Å². The summed E-state index contributed by atoms with van der Waals surface area (Å²) in [5, 5.41) is 15.4. The zero-order valence-corrected chi connectivity index (χ0v) is 21.7. The Morgan fingerprint density at radius 2 is 1.80 bits per heavy atom. The molecule has 2 aliphatic heterocycles. The van der Waals surface area contributed by atoms with E-state index >= 15 is 0 Å². The first kappa shape index (κ1) is 24.8. The number of nitrogens with zero attached hydrogens (tertiary/aromatic N) is 3. The van der Waals surface area contributed by atoms with E-state index in [4.69, 9.17) is 24.4 Å². The van der Waals surface area contributed by atoms with Crippen molar-refractivity contribution >= 4 is 55.7 Å². The molecule has 11 heteroatoms. The summed E-state index contributed by atoms with van der Waals surface area (Å²) in [7, 11) is 3.12. The molecule has 0 unspecified atom stereocenters. The lowest BCUT2D eigenvalue weighted by Gasteiger charge is -2.20. The number of methoxy groups -OCH3 is 2. The van der Waals surface area contributed by atoms with Gasteiger partial charge in [-0.15, -0.1) is 0 Å². The van der Waals surface area contributed by atoms with E-state index in [1.54, 1.807) is 25.3 Å². The maximum Gasteiger partial charge on any atom is 0.283 e. The molecule has 0 bridgehead atoms. The number of fused-ring (bicyclic) bond motifs is 1. The third-order valence-corrected chi connectivity index (χ3v) is 6.66. The number of aliphatic imine (C=N–C) groups is 1. The van der Waals surface area contributed by atoms with Gasteiger partial charge in [0.05, 0.1) is 24.3 Å². The van der Waals surface area contributed by atoms with E-state index in [0.29, 0.717) is 51.2 Å². The molecule has 35 heavy (non-hydrogen) atoms. The topological polar surface area (TPSA) is 106 Å². The van der Waals surface area contributed by atoms with Gasteiger partial charge in [0.15, 0.2) is 28.8 Å². The van der Waals surface area contributed by atoms with Crippen molar-refractivity contribution in [3.05, 3.63) is 52.0 Å². The Balaban J connectivity index is 1.49. The molecule has 182 valence electrons. The second kappa shape index (κ2) is 11.0. The van der Waals surface area contributed by atoms with Crippen LogP contribution in [0, 0.1) is 5.41 Å². The largest absolute Gasteiger partial charge is 0.493 e. The van der Waals surface area contributed by atoms with Crippen LogP contribution in [-0.4, -0.2) is 54.4 Å². The summed E-state index contributed by atoms with van der Waals surface area (Å²) in [6.45, 7) is 2.52. The number of hydrogen-bond acceptors (Lipinski definition) is 8. The molecule has 4 rings (SSSR count). The SMILES string of the molecule is CCC1=NN2C(=N)/C(=C/c3cc(Br)c(OCCOc4ccccc4OC)c(OC)c3)C(=O)N=C2S1. The van der Waals surface area contributed by atoms with Crippen molar-refractivity contribution < 1.29 is 23.7 Å². The number of benzene rings is 2. The Labute approximate surface area is 215 Å². The van der Waals surface area contributed by atoms with Crippen LogP contribution in [0.15, 0.2) is 56.5 Å². The van der Waals surface area contributed by atoms with Crippen LogP contribution in [0.2, 0.25) is 0 Å². The molecule has 0 fully saturated rings. The Hall–Kier alpha value is -3.31. The summed E-state index contributed by atoms with van der Waals surface area (Å²) in [5.74, 6) is 1.74. The minimum Gasteiger partial charge on any atom is -0.493 e. The van der Waals surface area contributed by atoms with Gasteiger partial charge in [0, 0.05) is 0 Å². The Kier molecular flexibility index (Phi) is 7.76. The lowest BCUT2D eigenvalue weighted by molar-refractivity contribution is -0.114. The molecule has 0 aromatic heterocycles. The van der Waals surface area contributed by atoms with Crippen molar-refractivity contribution in [2.75, 3.05) is 27.4 Å². The van der Waals surface area contributed by atoms with E-state index in [9.17, 15) is 4.79 Å². The zero-order valence-electron chi connectivity index (χ0n) is 19.3. The van der Waals surface area contributed by atoms with E-state index in [1.807, 2.05) is 31.2 Å². The summed E-state index contributed by atoms with van der Waals surface area (Å²) in [4.78, 5) is 16.7. The average molecular weight is 559 g/mol. The predicted molar refractivity (Wildman–Crippen MR) is 140 cm³/mol. The highest BCUT2D eigenvalue weighted by Crippen LogP contribution is 2.38.